The molecule has 1 aliphatic heterocycles. The van der Waals surface area contributed by atoms with E-state index in [1.54, 1.807) is 0 Å². The summed E-state index contributed by atoms with van der Waals surface area (Å²) in [5.74, 6) is 0.204. The summed E-state index contributed by atoms with van der Waals surface area (Å²) in [6.07, 6.45) is 0.587. The predicted molar refractivity (Wildman–Crippen MR) is 24.2 cm³/mol. The molecule has 0 aliphatic carbocycles. The number of Topliss-reactive ketones (excluding diaryl/α,β-unsaturated/α-hetero) is 1. The van der Waals surface area contributed by atoms with E-state index >= 15 is 0 Å². The van der Waals surface area contributed by atoms with Gasteiger partial charge in [0, 0.05) is 6.42 Å². The third-order valence-electron chi connectivity index (χ3n) is 0.838. The minimum Gasteiger partial charge on any atom is -0.297 e. The van der Waals surface area contributed by atoms with Crippen molar-refractivity contribution in [3.8, 4) is 0 Å². The number of hydrogen-bond acceptors (Lipinski definition) is 3. The van der Waals surface area contributed by atoms with Crippen molar-refractivity contribution < 1.29 is 4.79 Å². The second kappa shape index (κ2) is 1.82. The molecule has 0 aromatic heterocycles. The van der Waals surface area contributed by atoms with Crippen LogP contribution in [0.4, 0.5) is 0 Å². The first-order valence-electron chi connectivity index (χ1n) is 2.24. The molecule has 0 atom stereocenters. The van der Waals surface area contributed by atoms with Crippen molar-refractivity contribution in [3.63, 3.8) is 0 Å². The average molecular weight is 98.1 g/mol. The number of rotatable bonds is 0. The van der Waals surface area contributed by atoms with E-state index in [1.807, 2.05) is 0 Å². The summed E-state index contributed by atoms with van der Waals surface area (Å²) in [4.78, 5) is 10.3. The van der Waals surface area contributed by atoms with Gasteiger partial charge in [-0.1, -0.05) is 0 Å². The first kappa shape index (κ1) is 4.43. The summed E-state index contributed by atoms with van der Waals surface area (Å²) in [7, 11) is 0. The van der Waals surface area contributed by atoms with Gasteiger partial charge in [0.05, 0.1) is 6.54 Å². The van der Waals surface area contributed by atoms with E-state index in [1.165, 1.54) is 0 Å². The lowest BCUT2D eigenvalue weighted by atomic mass is 10.3. The van der Waals surface area contributed by atoms with Crippen molar-refractivity contribution in [2.75, 3.05) is 13.1 Å². The van der Waals surface area contributed by atoms with Crippen molar-refractivity contribution >= 4 is 5.78 Å². The van der Waals surface area contributed by atoms with Crippen molar-refractivity contribution in [1.82, 2.24) is 0 Å². The molecule has 0 fully saturated rings. The van der Waals surface area contributed by atoms with Gasteiger partial charge in [-0.15, -0.1) is 0 Å². The van der Waals surface area contributed by atoms with E-state index in [0.717, 1.165) is 0 Å². The van der Waals surface area contributed by atoms with Crippen LogP contribution in [0.25, 0.3) is 0 Å². The summed E-state index contributed by atoms with van der Waals surface area (Å²) in [5, 5.41) is 7.17. The van der Waals surface area contributed by atoms with E-state index in [0.29, 0.717) is 19.5 Å². The van der Waals surface area contributed by atoms with Crippen LogP contribution in [0, 0.1) is 0 Å². The molecule has 0 aromatic carbocycles. The minimum atomic E-state index is 0.204. The quantitative estimate of drug-likeness (QED) is 0.432. The van der Waals surface area contributed by atoms with Crippen LogP contribution in [0.2, 0.25) is 0 Å². The van der Waals surface area contributed by atoms with Crippen molar-refractivity contribution in [2.45, 2.75) is 6.42 Å². The number of nitrogens with zero attached hydrogens (tertiary/aromatic N) is 2. The van der Waals surface area contributed by atoms with Gasteiger partial charge in [-0.05, 0) is 0 Å². The molecule has 0 N–H and O–H groups in total. The van der Waals surface area contributed by atoms with Crippen LogP contribution in [0.15, 0.2) is 10.2 Å². The van der Waals surface area contributed by atoms with Crippen LogP contribution >= 0.6 is 0 Å². The third-order valence-corrected chi connectivity index (χ3v) is 0.838. The highest BCUT2D eigenvalue weighted by Gasteiger charge is 2.02. The highest BCUT2D eigenvalue weighted by Crippen LogP contribution is 1.93. The molecule has 0 spiro atoms. The summed E-state index contributed by atoms with van der Waals surface area (Å²) in [5.41, 5.74) is 0. The van der Waals surface area contributed by atoms with Crippen LogP contribution in [0.3, 0.4) is 0 Å². The lowest BCUT2D eigenvalue weighted by Crippen LogP contribution is -2.07. The van der Waals surface area contributed by atoms with Gasteiger partial charge in [0.2, 0.25) is 0 Å². The fraction of sp³-hybridized carbons (Fsp3) is 0.750. The second-order valence-corrected chi connectivity index (χ2v) is 1.45. The van der Waals surface area contributed by atoms with Crippen molar-refractivity contribution in [2.24, 2.45) is 10.2 Å². The maximum Gasteiger partial charge on any atom is 0.158 e. The maximum absolute atomic E-state index is 10.3. The molecule has 0 aromatic rings. The molecule has 1 heterocycles. The molecule has 1 aliphatic rings. The Hall–Kier alpha value is -0.730. The summed E-state index contributed by atoms with van der Waals surface area (Å²) in [6, 6.07) is 0. The van der Waals surface area contributed by atoms with Gasteiger partial charge in [0.25, 0.3) is 0 Å². The number of hydrogen-bond donors (Lipinski definition) is 0. The Morgan fingerprint density at radius 2 is 2.29 bits per heavy atom. The fourth-order valence-electron chi connectivity index (χ4n) is 0.453. The molecule has 0 saturated carbocycles. The Morgan fingerprint density at radius 1 is 1.43 bits per heavy atom. The number of carbonyl (C=O) groups is 1. The molecule has 0 saturated heterocycles. The fourth-order valence-corrected chi connectivity index (χ4v) is 0.453. The first-order chi connectivity index (χ1) is 3.39. The summed E-state index contributed by atoms with van der Waals surface area (Å²) < 4.78 is 0. The maximum atomic E-state index is 10.3. The molecule has 0 bridgehead atoms. The van der Waals surface area contributed by atoms with Gasteiger partial charge in [-0.25, -0.2) is 0 Å². The molecular weight excluding hydrogens is 92.1 g/mol. The van der Waals surface area contributed by atoms with Gasteiger partial charge in [0.1, 0.15) is 6.54 Å². The standard InChI is InChI=1S/C4H6N2O/c7-4-1-2-5-6-3-4/h1-3H2. The Kier molecular flexibility index (Phi) is 1.15. The second-order valence-electron chi connectivity index (χ2n) is 1.45. The smallest absolute Gasteiger partial charge is 0.158 e. The topological polar surface area (TPSA) is 41.8 Å². The van der Waals surface area contributed by atoms with Gasteiger partial charge < -0.3 is 0 Å². The van der Waals surface area contributed by atoms with Crippen LogP contribution in [-0.2, 0) is 4.79 Å². The lowest BCUT2D eigenvalue weighted by molar-refractivity contribution is -0.118. The van der Waals surface area contributed by atoms with E-state index < -0.39 is 0 Å². The molecule has 3 nitrogen and oxygen atoms in total. The highest BCUT2D eigenvalue weighted by atomic mass is 16.1. The first-order valence-corrected chi connectivity index (χ1v) is 2.24. The number of azo groups is 1. The zero-order valence-electron chi connectivity index (χ0n) is 3.92. The van der Waals surface area contributed by atoms with Crippen LogP contribution in [0.5, 0.6) is 0 Å². The number of carbonyl (C=O) groups excluding carboxylic acids is 1. The molecule has 3 heteroatoms. The van der Waals surface area contributed by atoms with E-state index in [9.17, 15) is 4.79 Å². The molecular formula is C4H6N2O. The third kappa shape index (κ3) is 1.07. The Morgan fingerprint density at radius 3 is 2.57 bits per heavy atom. The molecule has 7 heavy (non-hydrogen) atoms. The predicted octanol–water partition coefficient (Wildman–Crippen LogP) is 0.411. The Balaban J connectivity index is 2.47. The van der Waals surface area contributed by atoms with Crippen LogP contribution < -0.4 is 0 Å². The largest absolute Gasteiger partial charge is 0.297 e. The summed E-state index contributed by atoms with van der Waals surface area (Å²) in [6.45, 7) is 0.902. The average Bonchev–Trinajstić information content (AvgIpc) is 1.69. The molecule has 38 valence electrons. The SMILES string of the molecule is O=C1CCN=NC1. The van der Waals surface area contributed by atoms with Crippen LogP contribution in [-0.4, -0.2) is 18.9 Å². The highest BCUT2D eigenvalue weighted by molar-refractivity contribution is 5.81. The molecule has 1 rings (SSSR count). The van der Waals surface area contributed by atoms with Gasteiger partial charge in [-0.3, -0.25) is 4.79 Å². The van der Waals surface area contributed by atoms with Crippen molar-refractivity contribution in [3.05, 3.63) is 0 Å². The van der Waals surface area contributed by atoms with Gasteiger partial charge in [0.15, 0.2) is 5.78 Å². The minimum absolute atomic E-state index is 0.204. The normalized spacial score (nSPS) is 20.3. The Labute approximate surface area is 41.4 Å². The monoisotopic (exact) mass is 98.0 g/mol. The zero-order chi connectivity index (χ0) is 5.11. The lowest BCUT2D eigenvalue weighted by Gasteiger charge is -1.96. The van der Waals surface area contributed by atoms with E-state index in [2.05, 4.69) is 10.2 Å². The molecule has 0 unspecified atom stereocenters. The molecule has 0 amide bonds. The molecule has 0 radical (unpaired) electrons. The van der Waals surface area contributed by atoms with E-state index in [-0.39, 0.29) is 5.78 Å². The van der Waals surface area contributed by atoms with Crippen molar-refractivity contribution in [1.29, 1.82) is 0 Å². The van der Waals surface area contributed by atoms with Gasteiger partial charge in [-0.2, -0.15) is 10.2 Å². The van der Waals surface area contributed by atoms with E-state index in [4.69, 9.17) is 0 Å². The summed E-state index contributed by atoms with van der Waals surface area (Å²) >= 11 is 0. The number of ketones is 1. The Bertz CT molecular complexity index is 108. The van der Waals surface area contributed by atoms with Gasteiger partial charge >= 0.3 is 0 Å². The zero-order valence-corrected chi connectivity index (χ0v) is 3.92. The van der Waals surface area contributed by atoms with Crippen LogP contribution in [0.1, 0.15) is 6.42 Å².